The number of nitro benzene ring substituents is 1. The molecule has 6 aromatic carbocycles. The standard InChI is InChI=1S/C16H14Cl2N2O5.C16H15Cl2NO3.C14H11Cl2NO2.C2H6O2.C2H2.2H4N2.H3N/c17-12-2-1-3-13(18)16(12)19-14-5-4-11(20(23)24)8-10(14)9-15(22)25-7-6-21;17-12-5-3-6-13(18)16(12)19-14-7-2-1-4-11(14)10-15(21)22-9-8-20;15-10-5-3-6-11(16)14(10)17-12-7-2-1-4-9(12)8-13(18)19;3-1-2-4;3*1-2;/h1-5,8,19,21H,6-7,9H2;1-7,19-20H,8-10H2;1-7,17H,8H2,(H,18,19);3-4H,1-2H2;1-2H;2*1-2H2;1H3/i;;;;1D;;;. The minimum atomic E-state index is -0.889. The Labute approximate surface area is 476 Å². The van der Waals surface area contributed by atoms with Crippen LogP contribution >= 0.6 is 69.6 Å². The largest absolute Gasteiger partial charge is 0.481 e. The quantitative estimate of drug-likeness (QED) is 0.0125. The normalized spacial score (nSPS) is 9.49. The van der Waals surface area contributed by atoms with Gasteiger partial charge in [0.1, 0.15) is 14.6 Å². The summed E-state index contributed by atoms with van der Waals surface area (Å²) in [5.41, 5.74) is 5.01. The maximum absolute atomic E-state index is 11.8. The highest BCUT2D eigenvalue weighted by Gasteiger charge is 2.17. The molecule has 0 fully saturated rings. The monoisotopic (exact) mass is 1190 g/mol. The second kappa shape index (κ2) is 42.6. The van der Waals surface area contributed by atoms with Crippen molar-refractivity contribution < 1.29 is 55.7 Å². The summed E-state index contributed by atoms with van der Waals surface area (Å²) >= 11 is 36.7. The van der Waals surface area contributed by atoms with Gasteiger partial charge >= 0.3 is 17.9 Å². The van der Waals surface area contributed by atoms with Gasteiger partial charge in [-0.1, -0.05) is 124 Å². The van der Waals surface area contributed by atoms with Crippen LogP contribution in [0.15, 0.2) is 121 Å². The minimum Gasteiger partial charge on any atom is -0.481 e. The first-order chi connectivity index (χ1) is 36.9. The summed E-state index contributed by atoms with van der Waals surface area (Å²) in [6, 6.07) is 33.8. The number of nitrogens with zero attached hydrogens (tertiary/aromatic N) is 1. The number of anilines is 6. The van der Waals surface area contributed by atoms with Gasteiger partial charge in [-0.15, -0.1) is 12.8 Å². The molecule has 6 rings (SSSR count). The Morgan fingerprint density at radius 1 is 0.532 bits per heavy atom. The van der Waals surface area contributed by atoms with Crippen molar-refractivity contribution in [1.82, 2.24) is 6.15 Å². The molecule has 0 bridgehead atoms. The number of hydrogen-bond acceptors (Lipinski definition) is 19. The summed E-state index contributed by atoms with van der Waals surface area (Å²) in [4.78, 5) is 44.8. The third-order valence-corrected chi connectivity index (χ3v) is 10.7. The Balaban J connectivity index is 0. The van der Waals surface area contributed by atoms with Crippen molar-refractivity contribution in [2.75, 3.05) is 55.6 Å². The molecule has 0 heterocycles. The van der Waals surface area contributed by atoms with Gasteiger partial charge < -0.3 is 57.1 Å². The number of rotatable bonds is 18. The van der Waals surface area contributed by atoms with Crippen LogP contribution in [-0.2, 0) is 43.1 Å². The summed E-state index contributed by atoms with van der Waals surface area (Å²) in [5.74, 6) is 14.1. The highest BCUT2D eigenvalue weighted by Crippen LogP contribution is 2.37. The maximum Gasteiger partial charge on any atom is 0.310 e. The maximum atomic E-state index is 11.8. The summed E-state index contributed by atoms with van der Waals surface area (Å²) in [5, 5.41) is 64.4. The molecule has 0 aliphatic carbocycles. The van der Waals surface area contributed by atoms with Crippen molar-refractivity contribution in [3.05, 3.63) is 178 Å². The molecule has 0 aliphatic heterocycles. The van der Waals surface area contributed by atoms with Gasteiger partial charge in [-0.25, -0.2) is 0 Å². The summed E-state index contributed by atoms with van der Waals surface area (Å²) in [6.07, 6.45) is 5.57. The number of ether oxygens (including phenoxy) is 2. The Kier molecular flexibility index (Phi) is 39.0. The Bertz CT molecular complexity index is 2740. The number of nitrogens with two attached hydrogens (primary N) is 4. The highest BCUT2D eigenvalue weighted by molar-refractivity contribution is 6.40. The van der Waals surface area contributed by atoms with E-state index in [2.05, 4.69) is 45.7 Å². The van der Waals surface area contributed by atoms with E-state index in [1.54, 1.807) is 72.8 Å². The van der Waals surface area contributed by atoms with E-state index in [4.69, 9.17) is 106 Å². The smallest absolute Gasteiger partial charge is 0.310 e. The Hall–Kier alpha value is -6.53. The van der Waals surface area contributed by atoms with Crippen LogP contribution in [0.1, 0.15) is 18.1 Å². The fourth-order valence-electron chi connectivity index (χ4n) is 5.71. The van der Waals surface area contributed by atoms with Crippen molar-refractivity contribution in [2.45, 2.75) is 19.3 Å². The lowest BCUT2D eigenvalue weighted by atomic mass is 10.1. The number of halogens is 6. The molecule has 0 radical (unpaired) electrons. The number of non-ortho nitro benzene ring substituents is 1. The summed E-state index contributed by atoms with van der Waals surface area (Å²) in [6.45, 7) is -0.903. The molecule has 0 aliphatic rings. The predicted octanol–water partition coefficient (Wildman–Crippen LogP) is 8.92. The molecule has 77 heavy (non-hydrogen) atoms. The number of carboxylic acid groups (broad SMARTS) is 1. The number of aliphatic hydroxyl groups excluding tert-OH is 4. The van der Waals surface area contributed by atoms with Crippen molar-refractivity contribution >= 4 is 127 Å². The third kappa shape index (κ3) is 27.4. The van der Waals surface area contributed by atoms with Crippen LogP contribution in [-0.4, -0.2) is 88.0 Å². The first-order valence-corrected chi connectivity index (χ1v) is 23.8. The third-order valence-electron chi connectivity index (χ3n) is 8.82. The van der Waals surface area contributed by atoms with Crippen LogP contribution in [0.25, 0.3) is 0 Å². The number of benzene rings is 6. The molecule has 0 aromatic heterocycles. The van der Waals surface area contributed by atoms with Gasteiger partial charge in [0.05, 0.1) is 97.8 Å². The second-order valence-electron chi connectivity index (χ2n) is 13.8. The van der Waals surface area contributed by atoms with Crippen LogP contribution in [0.4, 0.5) is 39.8 Å². The lowest BCUT2D eigenvalue weighted by molar-refractivity contribution is -0.384. The number of para-hydroxylation sites is 5. The SMILES string of the molecule is N.NN.NN.O=C(Cc1cc([N+](=O)[O-])ccc1Nc1c(Cl)cccc1Cl)OCCO.O=C(Cc1ccccc1Nc1c(Cl)cccc1Cl)OCCO.O=C(O)Cc1ccccc1Nc1c(Cl)cccc1Cl.OCCO.[2H]C#C. The molecule has 21 nitrogen and oxygen atoms in total. The molecular weight excluding hydrogens is 1130 g/mol. The second-order valence-corrected chi connectivity index (χ2v) is 16.3. The van der Waals surface area contributed by atoms with Gasteiger partial charge in [-0.05, 0) is 71.3 Å². The van der Waals surface area contributed by atoms with Gasteiger partial charge in [0.15, 0.2) is 0 Å². The molecule has 27 heteroatoms. The van der Waals surface area contributed by atoms with E-state index >= 15 is 0 Å². The number of aliphatic carboxylic acids is 1. The topological polar surface area (TPSA) is 389 Å². The molecule has 0 amide bonds. The van der Waals surface area contributed by atoms with E-state index in [-0.39, 0.29) is 70.7 Å². The van der Waals surface area contributed by atoms with Crippen LogP contribution < -0.4 is 45.5 Å². The number of hydrazine groups is 2. The van der Waals surface area contributed by atoms with E-state index in [1.807, 2.05) is 30.3 Å². The van der Waals surface area contributed by atoms with Crippen LogP contribution in [0.3, 0.4) is 0 Å². The highest BCUT2D eigenvalue weighted by atomic mass is 35.5. The first kappa shape index (κ1) is 70.5. The van der Waals surface area contributed by atoms with E-state index < -0.39 is 22.8 Å². The zero-order valence-corrected chi connectivity index (χ0v) is 45.3. The zero-order valence-electron chi connectivity index (χ0n) is 41.8. The van der Waals surface area contributed by atoms with Gasteiger partial charge in [-0.2, -0.15) is 0 Å². The molecule has 0 saturated heterocycles. The van der Waals surface area contributed by atoms with E-state index in [0.717, 1.165) is 11.3 Å². The molecule has 0 atom stereocenters. The number of carboxylic acids is 1. The van der Waals surface area contributed by atoms with E-state index in [0.29, 0.717) is 69.7 Å². The molecule has 418 valence electrons. The summed E-state index contributed by atoms with van der Waals surface area (Å²) < 4.78 is 15.4. The number of carbonyl (C=O) groups is 3. The molecule has 0 spiro atoms. The molecule has 0 saturated carbocycles. The summed E-state index contributed by atoms with van der Waals surface area (Å²) in [7, 11) is 0. The van der Waals surface area contributed by atoms with Crippen molar-refractivity contribution in [3.8, 4) is 12.8 Å². The van der Waals surface area contributed by atoms with Crippen molar-refractivity contribution in [2.24, 2.45) is 23.4 Å². The van der Waals surface area contributed by atoms with E-state index in [9.17, 15) is 24.5 Å². The average molecular weight is 1190 g/mol. The number of nitrogens with one attached hydrogen (secondary N) is 3. The fraction of sp³-hybridized carbons (Fsp3) is 0.180. The molecule has 19 N–H and O–H groups in total. The lowest BCUT2D eigenvalue weighted by Crippen LogP contribution is -2.12. The minimum absolute atomic E-state index is 0. The number of nitro groups is 1. The van der Waals surface area contributed by atoms with Crippen molar-refractivity contribution in [1.29, 1.82) is 0 Å². The average Bonchev–Trinajstić information content (AvgIpc) is 3.41. The predicted molar refractivity (Wildman–Crippen MR) is 306 cm³/mol. The first-order valence-electron chi connectivity index (χ1n) is 22.0. The number of aliphatic hydroxyl groups is 4. The van der Waals surface area contributed by atoms with Gasteiger partial charge in [-0.3, -0.25) is 47.9 Å². The molecule has 6 aromatic rings. The van der Waals surface area contributed by atoms with Gasteiger partial charge in [0.2, 0.25) is 0 Å². The number of esters is 2. The number of hydrogen-bond donors (Lipinski definition) is 13. The number of carbonyl (C=O) groups excluding carboxylic acids is 2. The number of terminal acetylenes is 1. The van der Waals surface area contributed by atoms with Crippen LogP contribution in [0.5, 0.6) is 0 Å². The molecular formula is C50H59Cl6N9O12. The Morgan fingerprint density at radius 3 is 1.16 bits per heavy atom. The van der Waals surface area contributed by atoms with Crippen molar-refractivity contribution in [3.63, 3.8) is 0 Å². The fourth-order valence-corrected chi connectivity index (χ4v) is 7.18. The van der Waals surface area contributed by atoms with Gasteiger partial charge in [0.25, 0.3) is 5.69 Å². The van der Waals surface area contributed by atoms with Gasteiger partial charge in [0, 0.05) is 29.2 Å². The van der Waals surface area contributed by atoms with E-state index in [1.165, 1.54) is 24.6 Å². The van der Waals surface area contributed by atoms with Crippen LogP contribution in [0, 0.1) is 22.9 Å². The molecule has 0 unspecified atom stereocenters. The Morgan fingerprint density at radius 2 is 0.844 bits per heavy atom. The zero-order chi connectivity index (χ0) is 58.3. The van der Waals surface area contributed by atoms with Crippen LogP contribution in [0.2, 0.25) is 30.1 Å². The lowest BCUT2D eigenvalue weighted by Gasteiger charge is -2.14.